The maximum atomic E-state index is 12.9. The van der Waals surface area contributed by atoms with E-state index in [-0.39, 0.29) is 42.5 Å². The molecule has 1 aliphatic carbocycles. The molecule has 34 heavy (non-hydrogen) atoms. The van der Waals surface area contributed by atoms with Crippen molar-refractivity contribution in [3.63, 3.8) is 0 Å². The van der Waals surface area contributed by atoms with Crippen molar-refractivity contribution in [2.75, 3.05) is 16.3 Å². The molecular weight excluding hydrogens is 432 g/mol. The van der Waals surface area contributed by atoms with Gasteiger partial charge < -0.3 is 9.64 Å². The van der Waals surface area contributed by atoms with Gasteiger partial charge in [0.05, 0.1) is 23.4 Å². The van der Waals surface area contributed by atoms with Crippen LogP contribution in [-0.2, 0) is 19.2 Å². The average Bonchev–Trinajstić information content (AvgIpc) is 3.32. The highest BCUT2D eigenvalue weighted by Crippen LogP contribution is 2.40. The zero-order valence-electron chi connectivity index (χ0n) is 19.2. The van der Waals surface area contributed by atoms with Crippen molar-refractivity contribution in [3.05, 3.63) is 65.7 Å². The maximum Gasteiger partial charge on any atom is 0.316 e. The summed E-state index contributed by atoms with van der Waals surface area (Å²) in [7, 11) is 0. The van der Waals surface area contributed by atoms with Crippen molar-refractivity contribution in [3.8, 4) is 5.75 Å². The molecule has 0 N–H and O–H groups in total. The number of rotatable bonds is 4. The van der Waals surface area contributed by atoms with Gasteiger partial charge in [-0.2, -0.15) is 0 Å². The number of amides is 3. The number of carbonyl (C=O) groups is 4. The minimum Gasteiger partial charge on any atom is -0.426 e. The Labute approximate surface area is 198 Å². The number of hydrogen-bond acceptors (Lipinski definition) is 5. The first-order valence-corrected chi connectivity index (χ1v) is 11.5. The molecule has 0 radical (unpaired) electrons. The lowest BCUT2D eigenvalue weighted by atomic mass is 9.82. The smallest absolute Gasteiger partial charge is 0.316 e. The molecule has 2 aliphatic heterocycles. The Bertz CT molecular complexity index is 1220. The number of carbonyl (C=O) groups excluding carboxylic acids is 4. The van der Waals surface area contributed by atoms with E-state index in [4.69, 9.17) is 4.74 Å². The van der Waals surface area contributed by atoms with Gasteiger partial charge in [0, 0.05) is 18.7 Å². The monoisotopic (exact) mass is 458 g/mol. The van der Waals surface area contributed by atoms with Gasteiger partial charge in [0.2, 0.25) is 17.7 Å². The lowest BCUT2D eigenvalue weighted by Crippen LogP contribution is -2.30. The van der Waals surface area contributed by atoms with Crippen molar-refractivity contribution in [2.45, 2.75) is 33.1 Å². The fourth-order valence-corrected chi connectivity index (χ4v) is 5.07. The summed E-state index contributed by atoms with van der Waals surface area (Å²) in [5.41, 5.74) is 3.42. The van der Waals surface area contributed by atoms with Gasteiger partial charge in [-0.3, -0.25) is 24.1 Å². The molecule has 3 aliphatic rings. The van der Waals surface area contributed by atoms with Crippen molar-refractivity contribution < 1.29 is 23.9 Å². The van der Waals surface area contributed by atoms with Crippen LogP contribution in [0.3, 0.4) is 0 Å². The van der Waals surface area contributed by atoms with Crippen LogP contribution in [0.1, 0.15) is 31.7 Å². The lowest BCUT2D eigenvalue weighted by molar-refractivity contribution is -0.139. The Morgan fingerprint density at radius 2 is 1.65 bits per heavy atom. The first-order chi connectivity index (χ1) is 16.3. The normalized spacial score (nSPS) is 24.4. The summed E-state index contributed by atoms with van der Waals surface area (Å²) in [6, 6.07) is 14.0. The van der Waals surface area contributed by atoms with E-state index in [1.807, 2.05) is 44.2 Å². The summed E-state index contributed by atoms with van der Waals surface area (Å²) in [6.45, 7) is 4.21. The topological polar surface area (TPSA) is 84.0 Å². The molecule has 3 amide bonds. The predicted molar refractivity (Wildman–Crippen MR) is 126 cm³/mol. The third-order valence-electron chi connectivity index (χ3n) is 6.91. The van der Waals surface area contributed by atoms with Gasteiger partial charge >= 0.3 is 5.97 Å². The minimum atomic E-state index is -0.562. The van der Waals surface area contributed by atoms with E-state index in [1.165, 1.54) is 4.90 Å². The molecule has 7 nitrogen and oxygen atoms in total. The molecule has 0 bridgehead atoms. The van der Waals surface area contributed by atoms with Crippen LogP contribution in [0, 0.1) is 24.7 Å². The molecular formula is C27H26N2O5. The van der Waals surface area contributed by atoms with Crippen LogP contribution >= 0.6 is 0 Å². The Balaban J connectivity index is 1.24. The quantitative estimate of drug-likeness (QED) is 0.301. The average molecular weight is 459 g/mol. The van der Waals surface area contributed by atoms with Crippen LogP contribution in [0.4, 0.5) is 11.4 Å². The SMILES string of the molecule is CC1=CC[C@@H]2C(=O)N(c3ccc(OC(=O)[C@@H]4CC(=O)N(c5cccc(C)c5)C4)cc3)C(=O)[C@H]2C1. The zero-order valence-corrected chi connectivity index (χ0v) is 19.2. The van der Waals surface area contributed by atoms with Crippen LogP contribution < -0.4 is 14.5 Å². The zero-order chi connectivity index (χ0) is 24.0. The highest BCUT2D eigenvalue weighted by molar-refractivity contribution is 6.22. The largest absolute Gasteiger partial charge is 0.426 e. The number of hydrogen-bond donors (Lipinski definition) is 0. The molecule has 2 fully saturated rings. The van der Waals surface area contributed by atoms with Crippen LogP contribution in [0.15, 0.2) is 60.2 Å². The fraction of sp³-hybridized carbons (Fsp3) is 0.333. The number of benzene rings is 2. The number of ether oxygens (including phenoxy) is 1. The molecule has 2 aromatic rings. The summed E-state index contributed by atoms with van der Waals surface area (Å²) < 4.78 is 5.52. The molecule has 0 unspecified atom stereocenters. The molecule has 7 heteroatoms. The van der Waals surface area contributed by atoms with Crippen LogP contribution in [0.25, 0.3) is 0 Å². The molecule has 0 saturated carbocycles. The van der Waals surface area contributed by atoms with Gasteiger partial charge in [-0.1, -0.05) is 23.8 Å². The van der Waals surface area contributed by atoms with Gasteiger partial charge in [0.15, 0.2) is 0 Å². The first-order valence-electron chi connectivity index (χ1n) is 11.5. The molecule has 5 rings (SSSR count). The number of fused-ring (bicyclic) bond motifs is 1. The summed E-state index contributed by atoms with van der Waals surface area (Å²) in [5.74, 6) is -1.79. The molecule has 2 saturated heterocycles. The third-order valence-corrected chi connectivity index (χ3v) is 6.91. The van der Waals surface area contributed by atoms with Gasteiger partial charge in [-0.05, 0) is 68.7 Å². The van der Waals surface area contributed by atoms with E-state index in [9.17, 15) is 19.2 Å². The molecule has 2 heterocycles. The van der Waals surface area contributed by atoms with Crippen molar-refractivity contribution in [1.82, 2.24) is 0 Å². The van der Waals surface area contributed by atoms with E-state index in [0.29, 0.717) is 24.3 Å². The summed E-state index contributed by atoms with van der Waals surface area (Å²) in [4.78, 5) is 53.8. The van der Waals surface area contributed by atoms with Gasteiger partial charge in [-0.25, -0.2) is 0 Å². The van der Waals surface area contributed by atoms with Crippen LogP contribution in [0.2, 0.25) is 0 Å². The lowest BCUT2D eigenvalue weighted by Gasteiger charge is -2.18. The van der Waals surface area contributed by atoms with Gasteiger partial charge in [0.1, 0.15) is 5.75 Å². The maximum absolute atomic E-state index is 12.9. The Morgan fingerprint density at radius 1 is 0.912 bits per heavy atom. The number of nitrogens with zero attached hydrogens (tertiary/aromatic N) is 2. The van der Waals surface area contributed by atoms with E-state index in [0.717, 1.165) is 16.8 Å². The van der Waals surface area contributed by atoms with E-state index in [2.05, 4.69) is 0 Å². The van der Waals surface area contributed by atoms with Crippen LogP contribution in [0.5, 0.6) is 5.75 Å². The highest BCUT2D eigenvalue weighted by atomic mass is 16.5. The predicted octanol–water partition coefficient (Wildman–Crippen LogP) is 3.80. The Hall–Kier alpha value is -3.74. The number of imide groups is 1. The van der Waals surface area contributed by atoms with Crippen molar-refractivity contribution >= 4 is 35.1 Å². The van der Waals surface area contributed by atoms with Gasteiger partial charge in [0.25, 0.3) is 0 Å². The standard InChI is InChI=1S/C27H26N2O5/c1-16-4-3-5-20(12-16)28-15-18(14-24(28)30)27(33)34-21-9-7-19(8-10-21)29-25(31)22-11-6-17(2)13-23(22)26(29)32/h3-10,12,18,22-23H,11,13-15H2,1-2H3/t18-,22+,23+/m1/s1. The molecule has 3 atom stereocenters. The number of aryl methyl sites for hydroxylation is 1. The minimum absolute atomic E-state index is 0.0951. The van der Waals surface area contributed by atoms with Gasteiger partial charge in [-0.15, -0.1) is 0 Å². The van der Waals surface area contributed by atoms with Crippen LogP contribution in [-0.4, -0.2) is 30.2 Å². The molecule has 174 valence electrons. The first kappa shape index (κ1) is 22.1. The summed E-state index contributed by atoms with van der Waals surface area (Å²) in [6.07, 6.45) is 3.33. The third kappa shape index (κ3) is 3.91. The molecule has 0 aromatic heterocycles. The van der Waals surface area contributed by atoms with Crippen molar-refractivity contribution in [2.24, 2.45) is 17.8 Å². The van der Waals surface area contributed by atoms with E-state index in [1.54, 1.807) is 29.2 Å². The Morgan fingerprint density at radius 3 is 2.38 bits per heavy atom. The second kappa shape index (κ2) is 8.56. The number of allylic oxidation sites excluding steroid dienone is 2. The fourth-order valence-electron chi connectivity index (χ4n) is 5.07. The number of anilines is 2. The molecule has 2 aromatic carbocycles. The summed E-state index contributed by atoms with van der Waals surface area (Å²) >= 11 is 0. The Kier molecular flexibility index (Phi) is 5.55. The van der Waals surface area contributed by atoms with E-state index < -0.39 is 11.9 Å². The van der Waals surface area contributed by atoms with Crippen molar-refractivity contribution in [1.29, 1.82) is 0 Å². The second-order valence-electron chi connectivity index (χ2n) is 9.37. The highest BCUT2D eigenvalue weighted by Gasteiger charge is 2.48. The number of esters is 1. The summed E-state index contributed by atoms with van der Waals surface area (Å²) in [5, 5.41) is 0. The van der Waals surface area contributed by atoms with E-state index >= 15 is 0 Å². The second-order valence-corrected chi connectivity index (χ2v) is 9.37. The molecule has 0 spiro atoms.